The van der Waals surface area contributed by atoms with Crippen LogP contribution in [-0.2, 0) is 17.8 Å². The highest BCUT2D eigenvalue weighted by Gasteiger charge is 2.39. The van der Waals surface area contributed by atoms with E-state index < -0.39 is 24.2 Å². The maximum atomic E-state index is 13.5. The quantitative estimate of drug-likeness (QED) is 0.186. The Bertz CT molecular complexity index is 2490. The Morgan fingerprint density at radius 1 is 0.931 bits per heavy atom. The Hall–Kier alpha value is -6.37. The average Bonchev–Trinajstić information content (AvgIpc) is 3.55. The van der Waals surface area contributed by atoms with E-state index in [0.29, 0.717) is 37.5 Å². The lowest BCUT2D eigenvalue weighted by Gasteiger charge is -2.33. The monoisotopic (exact) mass is 781 g/mol. The second-order valence-corrected chi connectivity index (χ2v) is 15.2. The highest BCUT2D eigenvalue weighted by molar-refractivity contribution is 6.06. The number of aromatic nitrogens is 4. The van der Waals surface area contributed by atoms with Gasteiger partial charge in [-0.05, 0) is 54.3 Å². The number of fused-ring (bicyclic) bond motifs is 2. The van der Waals surface area contributed by atoms with Crippen molar-refractivity contribution in [2.45, 2.75) is 44.9 Å². The summed E-state index contributed by atoms with van der Waals surface area (Å²) in [5.41, 5.74) is 9.50. The fourth-order valence-corrected chi connectivity index (χ4v) is 8.03. The molecule has 0 radical (unpaired) electrons. The number of halogens is 1. The van der Waals surface area contributed by atoms with Crippen LogP contribution >= 0.6 is 0 Å². The molecule has 2 atom stereocenters. The maximum Gasteiger partial charge on any atom is 0.328 e. The number of imide groups is 1. The van der Waals surface area contributed by atoms with E-state index in [2.05, 4.69) is 71.7 Å². The standard InChI is InChI=1S/C43H44FN11O3/c1-27-29(6-3-9-36(27)54-17-14-40(56)49-43(54)58)7-5-15-51-18-20-52(21-19-51)26-28-11-12-33(46-24-28)30-8-4-10-37-31(30)13-16-53(37)39-23-35(45-2)41-47-25-38(55(41)50-39)42(57)48-34-22-32(34)44/h3-4,6,8-12,23-25,32,34,45H,13-22,26H2,1-2H3,(H,48,57)(H,49,56,58)/t32-,34+/m0/s1. The van der Waals surface area contributed by atoms with E-state index in [1.165, 1.54) is 16.3 Å². The van der Waals surface area contributed by atoms with E-state index in [1.807, 2.05) is 50.5 Å². The summed E-state index contributed by atoms with van der Waals surface area (Å²) in [6.45, 7) is 8.22. The van der Waals surface area contributed by atoms with E-state index in [0.717, 1.165) is 84.2 Å². The minimum Gasteiger partial charge on any atom is -0.385 e. The van der Waals surface area contributed by atoms with Crippen molar-refractivity contribution < 1.29 is 18.8 Å². The second-order valence-electron chi connectivity index (χ2n) is 15.2. The number of alkyl halides is 1. The Morgan fingerprint density at radius 3 is 2.47 bits per heavy atom. The molecule has 6 heterocycles. The van der Waals surface area contributed by atoms with Gasteiger partial charge in [0.25, 0.3) is 5.91 Å². The van der Waals surface area contributed by atoms with Crippen LogP contribution < -0.4 is 25.8 Å². The fourth-order valence-electron chi connectivity index (χ4n) is 8.03. The third-order valence-corrected chi connectivity index (χ3v) is 11.4. The van der Waals surface area contributed by atoms with Crippen LogP contribution in [0.2, 0.25) is 0 Å². The summed E-state index contributed by atoms with van der Waals surface area (Å²) in [6, 6.07) is 17.4. The zero-order chi connectivity index (χ0) is 39.9. The topological polar surface area (TPSA) is 143 Å². The van der Waals surface area contributed by atoms with E-state index in [9.17, 15) is 18.8 Å². The summed E-state index contributed by atoms with van der Waals surface area (Å²) in [5, 5.41) is 13.2. The second kappa shape index (κ2) is 15.5. The number of urea groups is 1. The van der Waals surface area contributed by atoms with Crippen LogP contribution in [0.3, 0.4) is 0 Å². The molecule has 15 heteroatoms. The van der Waals surface area contributed by atoms with Gasteiger partial charge in [0.15, 0.2) is 17.2 Å². The van der Waals surface area contributed by atoms with Gasteiger partial charge in [-0.25, -0.2) is 18.7 Å². The summed E-state index contributed by atoms with van der Waals surface area (Å²) in [7, 11) is 1.81. The lowest BCUT2D eigenvalue weighted by atomic mass is 10.0. The number of rotatable bonds is 9. The first-order valence-electron chi connectivity index (χ1n) is 19.7. The zero-order valence-corrected chi connectivity index (χ0v) is 32.5. The van der Waals surface area contributed by atoms with Crippen molar-refractivity contribution in [1.82, 2.24) is 40.0 Å². The van der Waals surface area contributed by atoms with Crippen molar-refractivity contribution in [2.75, 3.05) is 68.0 Å². The zero-order valence-electron chi connectivity index (χ0n) is 32.5. The molecular weight excluding hydrogens is 738 g/mol. The number of anilines is 4. The van der Waals surface area contributed by atoms with Gasteiger partial charge in [0.1, 0.15) is 6.17 Å². The van der Waals surface area contributed by atoms with Crippen LogP contribution in [0.25, 0.3) is 16.9 Å². The Labute approximate surface area is 335 Å². The molecule has 4 aliphatic rings. The van der Waals surface area contributed by atoms with Gasteiger partial charge in [-0.2, -0.15) is 0 Å². The molecule has 1 aliphatic carbocycles. The Kier molecular flexibility index (Phi) is 9.96. The molecule has 2 saturated heterocycles. The highest BCUT2D eigenvalue weighted by Crippen LogP contribution is 2.40. The lowest BCUT2D eigenvalue weighted by Crippen LogP contribution is -2.49. The third kappa shape index (κ3) is 7.32. The van der Waals surface area contributed by atoms with Crippen molar-refractivity contribution in [3.8, 4) is 23.1 Å². The smallest absolute Gasteiger partial charge is 0.328 e. The van der Waals surface area contributed by atoms with Crippen LogP contribution in [-0.4, -0.2) is 112 Å². The first kappa shape index (κ1) is 37.2. The molecular formula is C43H44FN11O3. The number of carbonyl (C=O) groups is 3. The van der Waals surface area contributed by atoms with Gasteiger partial charge in [0, 0.05) is 100 Å². The molecule has 5 aromatic rings. The van der Waals surface area contributed by atoms with Gasteiger partial charge in [-0.1, -0.05) is 36.1 Å². The third-order valence-electron chi connectivity index (χ3n) is 11.4. The van der Waals surface area contributed by atoms with Crippen molar-refractivity contribution in [3.05, 3.63) is 94.9 Å². The molecule has 4 amide bonds. The Morgan fingerprint density at radius 2 is 1.71 bits per heavy atom. The molecule has 0 spiro atoms. The summed E-state index contributed by atoms with van der Waals surface area (Å²) in [5.74, 6) is 6.68. The predicted molar refractivity (Wildman–Crippen MR) is 219 cm³/mol. The number of benzene rings is 2. The van der Waals surface area contributed by atoms with Crippen molar-refractivity contribution >= 4 is 46.4 Å². The lowest BCUT2D eigenvalue weighted by molar-refractivity contribution is -0.120. The summed E-state index contributed by atoms with van der Waals surface area (Å²) in [4.78, 5) is 54.9. The minimum atomic E-state index is -1.00. The van der Waals surface area contributed by atoms with Gasteiger partial charge in [-0.3, -0.25) is 34.6 Å². The molecule has 14 nitrogen and oxygen atoms in total. The number of nitrogens with zero attached hydrogens (tertiary/aromatic N) is 8. The molecule has 3 fully saturated rings. The molecule has 0 unspecified atom stereocenters. The molecule has 296 valence electrons. The average molecular weight is 782 g/mol. The first-order valence-corrected chi connectivity index (χ1v) is 19.7. The summed E-state index contributed by atoms with van der Waals surface area (Å²) < 4.78 is 15.1. The van der Waals surface area contributed by atoms with Crippen LogP contribution in [0.1, 0.15) is 45.6 Å². The van der Waals surface area contributed by atoms with Crippen LogP contribution in [0, 0.1) is 18.8 Å². The normalized spacial score (nSPS) is 19.4. The van der Waals surface area contributed by atoms with Crippen LogP contribution in [0.15, 0.2) is 67.0 Å². The molecule has 3 aromatic heterocycles. The number of hydrogen-bond donors (Lipinski definition) is 3. The van der Waals surface area contributed by atoms with Gasteiger partial charge in [0.2, 0.25) is 5.91 Å². The minimum absolute atomic E-state index is 0.247. The van der Waals surface area contributed by atoms with Crippen molar-refractivity contribution in [3.63, 3.8) is 0 Å². The number of carbonyl (C=O) groups excluding carboxylic acids is 3. The Balaban J connectivity index is 0.823. The summed E-state index contributed by atoms with van der Waals surface area (Å²) >= 11 is 0. The molecule has 9 rings (SSSR count). The predicted octanol–water partition coefficient (Wildman–Crippen LogP) is 4.29. The highest BCUT2D eigenvalue weighted by atomic mass is 19.1. The van der Waals surface area contributed by atoms with Gasteiger partial charge in [0.05, 0.1) is 30.2 Å². The molecule has 2 aromatic carbocycles. The molecule has 58 heavy (non-hydrogen) atoms. The fraction of sp³-hybridized carbons (Fsp3) is 0.349. The number of amides is 4. The van der Waals surface area contributed by atoms with Crippen molar-refractivity contribution in [1.29, 1.82) is 0 Å². The molecule has 1 saturated carbocycles. The molecule has 3 N–H and O–H groups in total. The summed E-state index contributed by atoms with van der Waals surface area (Å²) in [6.07, 6.45) is 3.88. The maximum absolute atomic E-state index is 13.5. The van der Waals surface area contributed by atoms with E-state index >= 15 is 0 Å². The molecule has 3 aliphatic heterocycles. The number of imidazole rings is 1. The van der Waals surface area contributed by atoms with E-state index in [-0.39, 0.29) is 18.0 Å². The first-order chi connectivity index (χ1) is 28.2. The van der Waals surface area contributed by atoms with E-state index in [1.54, 1.807) is 4.90 Å². The van der Waals surface area contributed by atoms with Crippen LogP contribution in [0.5, 0.6) is 0 Å². The van der Waals surface area contributed by atoms with Crippen LogP contribution in [0.4, 0.5) is 32.1 Å². The SMILES string of the molecule is CNc1cc(N2CCc3c(-c4ccc(CN5CCN(CC#Cc6cccc(N7CCC(=O)NC7=O)c6C)CC5)cn4)cccc32)nn2c(C(=O)N[C@@H]3C[C@@H]3F)cnc12. The van der Waals surface area contributed by atoms with Crippen molar-refractivity contribution in [2.24, 2.45) is 0 Å². The number of piperazine rings is 1. The number of nitrogens with one attached hydrogen (secondary N) is 3. The van der Waals surface area contributed by atoms with Gasteiger partial charge >= 0.3 is 6.03 Å². The van der Waals surface area contributed by atoms with Gasteiger partial charge in [-0.15, -0.1) is 5.10 Å². The number of hydrogen-bond acceptors (Lipinski definition) is 10. The van der Waals surface area contributed by atoms with Gasteiger partial charge < -0.3 is 15.5 Å². The van der Waals surface area contributed by atoms with E-state index in [4.69, 9.17) is 10.1 Å². The number of pyridine rings is 1. The largest absolute Gasteiger partial charge is 0.385 e. The molecule has 0 bridgehead atoms.